The number of alkyl halides is 6. The van der Waals surface area contributed by atoms with Crippen molar-refractivity contribution in [3.63, 3.8) is 0 Å². The highest BCUT2D eigenvalue weighted by Gasteiger charge is 2.34. The number of aryl methyl sites for hydroxylation is 1. The number of hydrogen-bond acceptors (Lipinski definition) is 3. The molecule has 1 aliphatic rings. The largest absolute Gasteiger partial charge is 0.433 e. The van der Waals surface area contributed by atoms with E-state index in [0.29, 0.717) is 31.5 Å². The lowest BCUT2D eigenvalue weighted by Gasteiger charge is -2.18. The maximum atomic E-state index is 13.1. The number of benzene rings is 1. The summed E-state index contributed by atoms with van der Waals surface area (Å²) in [6, 6.07) is 5.85. The maximum absolute atomic E-state index is 13.1. The van der Waals surface area contributed by atoms with Crippen LogP contribution in [0.15, 0.2) is 42.6 Å². The van der Waals surface area contributed by atoms with Gasteiger partial charge in [0.05, 0.1) is 23.0 Å². The van der Waals surface area contributed by atoms with Gasteiger partial charge in [0.25, 0.3) is 5.91 Å². The van der Waals surface area contributed by atoms with E-state index in [1.165, 1.54) is 6.07 Å². The molecule has 3 heterocycles. The number of nitrogens with one attached hydrogen (secondary N) is 1. The highest BCUT2D eigenvalue weighted by Crippen LogP contribution is 2.34. The zero-order chi connectivity index (χ0) is 24.7. The molecule has 0 aliphatic carbocycles. The molecule has 1 unspecified atom stereocenters. The van der Waals surface area contributed by atoms with Crippen LogP contribution < -0.4 is 5.32 Å². The van der Waals surface area contributed by atoms with Gasteiger partial charge in [-0.25, -0.2) is 0 Å². The quantitative estimate of drug-likeness (QED) is 0.428. The number of amides is 1. The van der Waals surface area contributed by atoms with Crippen LogP contribution in [0.5, 0.6) is 0 Å². The van der Waals surface area contributed by atoms with E-state index in [1.54, 1.807) is 10.7 Å². The Morgan fingerprint density at radius 2 is 1.79 bits per heavy atom. The lowest BCUT2D eigenvalue weighted by atomic mass is 10.0. The monoisotopic (exact) mass is 502 g/mol. The van der Waals surface area contributed by atoms with E-state index in [9.17, 15) is 31.1 Å². The maximum Gasteiger partial charge on any atom is 0.433 e. The molecule has 4 rings (SSSR count). The lowest BCUT2D eigenvalue weighted by molar-refractivity contribution is -0.141. The number of halogens is 7. The normalized spacial score (nSPS) is 16.6. The minimum Gasteiger partial charge on any atom is -0.344 e. The number of carbonyl (C=O) groups excluding carboxylic acids is 1. The van der Waals surface area contributed by atoms with Crippen LogP contribution in [-0.2, 0) is 18.9 Å². The molecule has 0 spiro atoms. The molecular formula is C22H17ClF6N4O. The molecule has 1 atom stereocenters. The number of fused-ring (bicyclic) bond motifs is 1. The van der Waals surface area contributed by atoms with E-state index >= 15 is 0 Å². The van der Waals surface area contributed by atoms with Crippen LogP contribution in [0.25, 0.3) is 11.3 Å². The Labute approximate surface area is 194 Å². The third-order valence-electron chi connectivity index (χ3n) is 5.42. The fourth-order valence-electron chi connectivity index (χ4n) is 3.81. The fourth-order valence-corrected chi connectivity index (χ4v) is 4.04. The minimum atomic E-state index is -4.67. The summed E-state index contributed by atoms with van der Waals surface area (Å²) in [5, 5.41) is 6.88. The number of pyridine rings is 1. The lowest BCUT2D eigenvalue weighted by Crippen LogP contribution is -2.29. The van der Waals surface area contributed by atoms with Gasteiger partial charge >= 0.3 is 12.4 Å². The van der Waals surface area contributed by atoms with Crippen molar-refractivity contribution in [1.29, 1.82) is 0 Å². The molecule has 1 aliphatic heterocycles. The topological polar surface area (TPSA) is 59.8 Å². The predicted molar refractivity (Wildman–Crippen MR) is 111 cm³/mol. The highest BCUT2D eigenvalue weighted by atomic mass is 35.5. The van der Waals surface area contributed by atoms with Crippen LogP contribution in [0, 0.1) is 0 Å². The SMILES string of the molecule is O=C(NC1CCCCn2nc(-c3ccnc(C(F)(F)F)c3)cc21)c1cc(Cl)cc(C(F)(F)F)c1. The Hall–Kier alpha value is -3.08. The molecule has 0 radical (unpaired) electrons. The van der Waals surface area contributed by atoms with Crippen molar-refractivity contribution in [3.05, 3.63) is 70.1 Å². The molecule has 12 heteroatoms. The molecule has 3 aromatic rings. The van der Waals surface area contributed by atoms with E-state index in [0.717, 1.165) is 30.5 Å². The number of hydrogen-bond donors (Lipinski definition) is 1. The first-order chi connectivity index (χ1) is 15.9. The average Bonchev–Trinajstić information content (AvgIpc) is 3.10. The number of nitrogens with zero attached hydrogens (tertiary/aromatic N) is 3. The van der Waals surface area contributed by atoms with Gasteiger partial charge in [-0.05, 0) is 55.7 Å². The van der Waals surface area contributed by atoms with E-state index in [1.807, 2.05) is 0 Å². The fraction of sp³-hybridized carbons (Fsp3) is 0.318. The number of rotatable bonds is 3. The zero-order valence-corrected chi connectivity index (χ0v) is 18.1. The zero-order valence-electron chi connectivity index (χ0n) is 17.3. The first-order valence-corrected chi connectivity index (χ1v) is 10.6. The van der Waals surface area contributed by atoms with Gasteiger partial charge in [-0.15, -0.1) is 0 Å². The van der Waals surface area contributed by atoms with Crippen molar-refractivity contribution in [2.45, 2.75) is 44.2 Å². The molecule has 1 N–H and O–H groups in total. The molecule has 1 amide bonds. The molecule has 0 fully saturated rings. The smallest absolute Gasteiger partial charge is 0.344 e. The van der Waals surface area contributed by atoms with Crippen molar-refractivity contribution in [1.82, 2.24) is 20.1 Å². The summed E-state index contributed by atoms with van der Waals surface area (Å²) in [5.41, 5.74) is -1.33. The van der Waals surface area contributed by atoms with E-state index in [4.69, 9.17) is 11.6 Å². The van der Waals surface area contributed by atoms with Crippen molar-refractivity contribution < 1.29 is 31.1 Å². The summed E-state index contributed by atoms with van der Waals surface area (Å²) in [4.78, 5) is 16.1. The molecule has 180 valence electrons. The molecular weight excluding hydrogens is 486 g/mol. The summed E-state index contributed by atoms with van der Waals surface area (Å²) in [5.74, 6) is -0.752. The first kappa shape index (κ1) is 24.1. The Balaban J connectivity index is 1.64. The van der Waals surface area contributed by atoms with Crippen molar-refractivity contribution in [2.24, 2.45) is 0 Å². The second kappa shape index (κ2) is 8.94. The van der Waals surface area contributed by atoms with Gasteiger partial charge in [0.2, 0.25) is 0 Å². The summed E-state index contributed by atoms with van der Waals surface area (Å²) in [6.45, 7) is 0.480. The van der Waals surface area contributed by atoms with Crippen LogP contribution in [0.2, 0.25) is 5.02 Å². The van der Waals surface area contributed by atoms with Crippen LogP contribution in [0.3, 0.4) is 0 Å². The number of aromatic nitrogens is 3. The van der Waals surface area contributed by atoms with Gasteiger partial charge in [0, 0.05) is 28.9 Å². The summed E-state index contributed by atoms with van der Waals surface area (Å²) < 4.78 is 80.1. The highest BCUT2D eigenvalue weighted by molar-refractivity contribution is 6.31. The second-order valence-electron chi connectivity index (χ2n) is 7.85. The van der Waals surface area contributed by atoms with E-state index in [-0.39, 0.29) is 21.8 Å². The van der Waals surface area contributed by atoms with Crippen molar-refractivity contribution in [2.75, 3.05) is 0 Å². The van der Waals surface area contributed by atoms with Gasteiger partial charge in [0.15, 0.2) is 0 Å². The van der Waals surface area contributed by atoms with Crippen LogP contribution in [-0.4, -0.2) is 20.7 Å². The Morgan fingerprint density at radius 1 is 1.03 bits per heavy atom. The van der Waals surface area contributed by atoms with Gasteiger partial charge in [-0.1, -0.05) is 11.6 Å². The molecule has 34 heavy (non-hydrogen) atoms. The van der Waals surface area contributed by atoms with Gasteiger partial charge in [0.1, 0.15) is 5.69 Å². The van der Waals surface area contributed by atoms with Crippen molar-refractivity contribution in [3.8, 4) is 11.3 Å². The van der Waals surface area contributed by atoms with Crippen LogP contribution in [0.4, 0.5) is 26.3 Å². The predicted octanol–water partition coefficient (Wildman–Crippen LogP) is 6.29. The molecule has 0 saturated carbocycles. The molecule has 5 nitrogen and oxygen atoms in total. The summed E-state index contributed by atoms with van der Waals surface area (Å²) in [6.07, 6.45) is -6.35. The van der Waals surface area contributed by atoms with E-state index < -0.39 is 35.6 Å². The van der Waals surface area contributed by atoms with Crippen molar-refractivity contribution >= 4 is 17.5 Å². The Bertz CT molecular complexity index is 1220. The summed E-state index contributed by atoms with van der Waals surface area (Å²) >= 11 is 5.79. The van der Waals surface area contributed by atoms with Gasteiger partial charge in [-0.3, -0.25) is 14.5 Å². The number of carbonyl (C=O) groups is 1. The van der Waals surface area contributed by atoms with Crippen LogP contribution in [0.1, 0.15) is 52.6 Å². The van der Waals surface area contributed by atoms with Crippen LogP contribution >= 0.6 is 11.6 Å². The third kappa shape index (κ3) is 5.19. The summed E-state index contributed by atoms with van der Waals surface area (Å²) in [7, 11) is 0. The average molecular weight is 503 g/mol. The van der Waals surface area contributed by atoms with Gasteiger partial charge < -0.3 is 5.32 Å². The Morgan fingerprint density at radius 3 is 2.50 bits per heavy atom. The Kier molecular flexibility index (Phi) is 6.32. The van der Waals surface area contributed by atoms with Gasteiger partial charge in [-0.2, -0.15) is 31.4 Å². The molecule has 0 bridgehead atoms. The molecule has 0 saturated heterocycles. The van der Waals surface area contributed by atoms with E-state index in [2.05, 4.69) is 15.4 Å². The first-order valence-electron chi connectivity index (χ1n) is 10.2. The molecule has 1 aromatic carbocycles. The molecule has 2 aromatic heterocycles. The standard InChI is InChI=1S/C22H17ClF6N4O/c23-15-8-13(7-14(10-15)21(24,25)26)20(34)31-16-3-1-2-6-33-18(16)11-17(32-33)12-4-5-30-19(9-12)22(27,28)29/h4-5,7-11,16H,1-3,6H2,(H,31,34). The second-order valence-corrected chi connectivity index (χ2v) is 8.29. The minimum absolute atomic E-state index is 0.206. The third-order valence-corrected chi connectivity index (χ3v) is 5.64.